The molecule has 0 aliphatic rings. The summed E-state index contributed by atoms with van der Waals surface area (Å²) in [5.74, 6) is -0.359. The molecule has 22 heavy (non-hydrogen) atoms. The molecule has 0 radical (unpaired) electrons. The first-order chi connectivity index (χ1) is 10.5. The molecule has 0 aliphatic heterocycles. The Morgan fingerprint density at radius 1 is 1.18 bits per heavy atom. The van der Waals surface area contributed by atoms with Crippen LogP contribution in [0, 0.1) is 0 Å². The fourth-order valence-electron chi connectivity index (χ4n) is 1.76. The Morgan fingerprint density at radius 2 is 1.95 bits per heavy atom. The maximum atomic E-state index is 12.3. The van der Waals surface area contributed by atoms with Gasteiger partial charge in [0.1, 0.15) is 5.75 Å². The summed E-state index contributed by atoms with van der Waals surface area (Å²) in [6.45, 7) is -3.03. The molecule has 0 heterocycles. The molecule has 2 aromatic rings. The molecular formula is C15H13ClF2N2O2. The average molecular weight is 327 g/mol. The van der Waals surface area contributed by atoms with E-state index in [4.69, 9.17) is 11.6 Å². The molecule has 0 bridgehead atoms. The van der Waals surface area contributed by atoms with Crippen molar-refractivity contribution in [3.8, 4) is 5.75 Å². The predicted molar refractivity (Wildman–Crippen MR) is 81.6 cm³/mol. The molecule has 0 saturated carbocycles. The highest BCUT2D eigenvalue weighted by Gasteiger charge is 2.10. The highest BCUT2D eigenvalue weighted by Crippen LogP contribution is 2.25. The summed E-state index contributed by atoms with van der Waals surface area (Å²) in [5.41, 5.74) is 0.862. The summed E-state index contributed by atoms with van der Waals surface area (Å²) in [5, 5.41) is 5.89. The number of ether oxygens (including phenoxy) is 1. The van der Waals surface area contributed by atoms with E-state index in [0.717, 1.165) is 0 Å². The van der Waals surface area contributed by atoms with Crippen LogP contribution in [0.15, 0.2) is 48.5 Å². The normalized spacial score (nSPS) is 10.4. The Labute approximate surface area is 131 Å². The van der Waals surface area contributed by atoms with Crippen molar-refractivity contribution in [3.63, 3.8) is 0 Å². The lowest BCUT2D eigenvalue weighted by Crippen LogP contribution is -2.22. The van der Waals surface area contributed by atoms with E-state index < -0.39 is 6.61 Å². The second kappa shape index (κ2) is 7.61. The molecule has 2 rings (SSSR count). The van der Waals surface area contributed by atoms with Crippen LogP contribution in [0.3, 0.4) is 0 Å². The lowest BCUT2D eigenvalue weighted by Gasteiger charge is -2.12. The standard InChI is InChI=1S/C15H13ClF2N2O2/c16-10-4-3-5-11(8-10)20-14(21)9-19-12-6-1-2-7-13(12)22-15(17)18/h1-8,15,19H,9H2,(H,20,21). The van der Waals surface area contributed by atoms with Crippen molar-refractivity contribution in [1.29, 1.82) is 0 Å². The summed E-state index contributed by atoms with van der Waals surface area (Å²) in [6.07, 6.45) is 0. The summed E-state index contributed by atoms with van der Waals surface area (Å²) >= 11 is 5.82. The molecule has 0 fully saturated rings. The summed E-state index contributed by atoms with van der Waals surface area (Å²) in [6, 6.07) is 12.8. The molecular weight excluding hydrogens is 314 g/mol. The largest absolute Gasteiger partial charge is 0.433 e. The van der Waals surface area contributed by atoms with Crippen molar-refractivity contribution in [3.05, 3.63) is 53.6 Å². The summed E-state index contributed by atoms with van der Waals surface area (Å²) in [4.78, 5) is 11.8. The number of hydrogen-bond acceptors (Lipinski definition) is 3. The van der Waals surface area contributed by atoms with Crippen LogP contribution in [0.5, 0.6) is 5.75 Å². The minimum Gasteiger partial charge on any atom is -0.433 e. The molecule has 0 aliphatic carbocycles. The summed E-state index contributed by atoms with van der Waals surface area (Å²) < 4.78 is 28.9. The molecule has 0 saturated heterocycles. The third kappa shape index (κ3) is 4.89. The van der Waals surface area contributed by atoms with E-state index in [1.807, 2.05) is 0 Å². The number of benzene rings is 2. The van der Waals surface area contributed by atoms with Gasteiger partial charge in [-0.05, 0) is 30.3 Å². The third-order valence-electron chi connectivity index (χ3n) is 2.65. The molecule has 2 aromatic carbocycles. The molecule has 0 aromatic heterocycles. The molecule has 116 valence electrons. The van der Waals surface area contributed by atoms with Crippen molar-refractivity contribution in [2.75, 3.05) is 17.2 Å². The molecule has 7 heteroatoms. The second-order valence-corrected chi connectivity index (χ2v) is 4.72. The number of amides is 1. The summed E-state index contributed by atoms with van der Waals surface area (Å²) in [7, 11) is 0. The van der Waals surface area contributed by atoms with E-state index in [-0.39, 0.29) is 18.2 Å². The van der Waals surface area contributed by atoms with E-state index in [9.17, 15) is 13.6 Å². The number of para-hydroxylation sites is 2. The van der Waals surface area contributed by atoms with Gasteiger partial charge in [-0.1, -0.05) is 29.8 Å². The molecule has 0 spiro atoms. The van der Waals surface area contributed by atoms with Gasteiger partial charge in [-0.25, -0.2) is 0 Å². The van der Waals surface area contributed by atoms with Crippen LogP contribution in [0.25, 0.3) is 0 Å². The van der Waals surface area contributed by atoms with E-state index in [0.29, 0.717) is 16.4 Å². The number of nitrogens with one attached hydrogen (secondary N) is 2. The number of carbonyl (C=O) groups excluding carboxylic acids is 1. The van der Waals surface area contributed by atoms with Gasteiger partial charge < -0.3 is 15.4 Å². The Hall–Kier alpha value is -2.34. The van der Waals surface area contributed by atoms with E-state index in [1.165, 1.54) is 6.07 Å². The second-order valence-electron chi connectivity index (χ2n) is 4.29. The van der Waals surface area contributed by atoms with Crippen molar-refractivity contribution >= 4 is 28.9 Å². The van der Waals surface area contributed by atoms with Crippen LogP contribution in [-0.2, 0) is 4.79 Å². The van der Waals surface area contributed by atoms with Gasteiger partial charge in [0.05, 0.1) is 12.2 Å². The smallest absolute Gasteiger partial charge is 0.387 e. The maximum Gasteiger partial charge on any atom is 0.387 e. The zero-order chi connectivity index (χ0) is 15.9. The first kappa shape index (κ1) is 16.0. The first-order valence-electron chi connectivity index (χ1n) is 6.38. The van der Waals surface area contributed by atoms with Crippen LogP contribution in [0.2, 0.25) is 5.02 Å². The Bertz CT molecular complexity index is 653. The van der Waals surface area contributed by atoms with Crippen molar-refractivity contribution in [2.24, 2.45) is 0 Å². The van der Waals surface area contributed by atoms with Gasteiger partial charge in [0, 0.05) is 10.7 Å². The number of halogens is 3. The number of rotatable bonds is 6. The minimum absolute atomic E-state index is 0.0203. The Kier molecular flexibility index (Phi) is 5.55. The Morgan fingerprint density at radius 3 is 2.68 bits per heavy atom. The van der Waals surface area contributed by atoms with E-state index in [1.54, 1.807) is 42.5 Å². The fraction of sp³-hybridized carbons (Fsp3) is 0.133. The predicted octanol–water partition coefficient (Wildman–Crippen LogP) is 3.99. The van der Waals surface area contributed by atoms with Gasteiger partial charge in [0.15, 0.2) is 0 Å². The lowest BCUT2D eigenvalue weighted by molar-refractivity contribution is -0.114. The van der Waals surface area contributed by atoms with Gasteiger partial charge in [-0.3, -0.25) is 4.79 Å². The van der Waals surface area contributed by atoms with Gasteiger partial charge in [-0.15, -0.1) is 0 Å². The van der Waals surface area contributed by atoms with Crippen LogP contribution >= 0.6 is 11.6 Å². The van der Waals surface area contributed by atoms with Gasteiger partial charge >= 0.3 is 6.61 Å². The minimum atomic E-state index is -2.93. The zero-order valence-electron chi connectivity index (χ0n) is 11.4. The van der Waals surface area contributed by atoms with Crippen molar-refractivity contribution in [2.45, 2.75) is 6.61 Å². The Balaban J connectivity index is 1.94. The number of carbonyl (C=O) groups is 1. The van der Waals surface area contributed by atoms with E-state index in [2.05, 4.69) is 15.4 Å². The van der Waals surface area contributed by atoms with E-state index >= 15 is 0 Å². The van der Waals surface area contributed by atoms with Gasteiger partial charge in [-0.2, -0.15) is 8.78 Å². The molecule has 0 unspecified atom stereocenters. The zero-order valence-corrected chi connectivity index (χ0v) is 12.1. The monoisotopic (exact) mass is 326 g/mol. The third-order valence-corrected chi connectivity index (χ3v) is 2.89. The average Bonchev–Trinajstić information content (AvgIpc) is 2.46. The highest BCUT2D eigenvalue weighted by molar-refractivity contribution is 6.30. The molecule has 4 nitrogen and oxygen atoms in total. The van der Waals surface area contributed by atoms with Crippen LogP contribution < -0.4 is 15.4 Å². The van der Waals surface area contributed by atoms with Crippen LogP contribution in [0.1, 0.15) is 0 Å². The van der Waals surface area contributed by atoms with Gasteiger partial charge in [0.25, 0.3) is 0 Å². The van der Waals surface area contributed by atoms with Crippen molar-refractivity contribution in [1.82, 2.24) is 0 Å². The number of anilines is 2. The topological polar surface area (TPSA) is 50.4 Å². The lowest BCUT2D eigenvalue weighted by atomic mass is 10.3. The quantitative estimate of drug-likeness (QED) is 0.844. The van der Waals surface area contributed by atoms with Crippen LogP contribution in [0.4, 0.5) is 20.2 Å². The van der Waals surface area contributed by atoms with Gasteiger partial charge in [0.2, 0.25) is 5.91 Å². The van der Waals surface area contributed by atoms with Crippen LogP contribution in [-0.4, -0.2) is 19.1 Å². The maximum absolute atomic E-state index is 12.3. The molecule has 1 amide bonds. The number of alkyl halides is 2. The first-order valence-corrected chi connectivity index (χ1v) is 6.75. The molecule has 2 N–H and O–H groups in total. The SMILES string of the molecule is O=C(CNc1ccccc1OC(F)F)Nc1cccc(Cl)c1. The highest BCUT2D eigenvalue weighted by atomic mass is 35.5. The molecule has 0 atom stereocenters. The fourth-order valence-corrected chi connectivity index (χ4v) is 1.95. The van der Waals surface area contributed by atoms with Crippen molar-refractivity contribution < 1.29 is 18.3 Å². The number of hydrogen-bond donors (Lipinski definition) is 2.